The molecule has 1 unspecified atom stereocenters. The minimum absolute atomic E-state index is 0. The Balaban J connectivity index is 0. The van der Waals surface area contributed by atoms with Gasteiger partial charge in [-0.2, -0.15) is 8.42 Å². The van der Waals surface area contributed by atoms with Gasteiger partial charge in [0.05, 0.1) is 0 Å². The molecule has 0 aromatic rings. The van der Waals surface area contributed by atoms with Crippen molar-refractivity contribution in [2.45, 2.75) is 25.3 Å². The summed E-state index contributed by atoms with van der Waals surface area (Å²) < 4.78 is 39.9. The van der Waals surface area contributed by atoms with Crippen LogP contribution in [-0.4, -0.2) is 67.4 Å². The first-order valence-corrected chi connectivity index (χ1v) is 4.09. The van der Waals surface area contributed by atoms with Crippen LogP contribution in [0.4, 0.5) is 4.39 Å². The normalized spacial score (nSPS) is 13.9. The molecule has 0 saturated heterocycles. The quantitative estimate of drug-likeness (QED) is 0.591. The summed E-state index contributed by atoms with van der Waals surface area (Å²) in [6.07, 6.45) is 0.264. The van der Waals surface area contributed by atoms with Crippen molar-refractivity contribution < 1.29 is 17.4 Å². The summed E-state index contributed by atoms with van der Waals surface area (Å²) >= 11 is 0. The monoisotopic (exact) mass is 296 g/mol. The van der Waals surface area contributed by atoms with Crippen molar-refractivity contribution in [3.05, 3.63) is 0 Å². The molecule has 1 N–H and O–H groups in total. The molecule has 1 atom stereocenters. The molecule has 10 heavy (non-hydrogen) atoms. The first-order valence-electron chi connectivity index (χ1n) is 2.59. The fourth-order valence-electron chi connectivity index (χ4n) is 0.376. The van der Waals surface area contributed by atoms with E-state index in [1.165, 1.54) is 0 Å². The second kappa shape index (κ2) is 5.99. The van der Waals surface area contributed by atoms with E-state index in [-0.39, 0.29) is 55.3 Å². The average molecular weight is 296 g/mol. The standard InChI is InChI=1S/C4H9FO3S.Ba.2H/c1-2-3-4(5)9(6,7)8;;;/h4H,2-3H2,1H3,(H,6,7,8);;;. The molecule has 0 rings (SSSR count). The molecule has 0 radical (unpaired) electrons. The number of hydrogen-bond donors (Lipinski definition) is 1. The zero-order valence-corrected chi connectivity index (χ0v) is 5.86. The Kier molecular flexibility index (Phi) is 8.36. The third kappa shape index (κ3) is 6.14. The second-order valence-corrected chi connectivity index (χ2v) is 3.26. The molecule has 0 aliphatic heterocycles. The van der Waals surface area contributed by atoms with Gasteiger partial charge in [-0.1, -0.05) is 13.3 Å². The molecular weight excluding hydrogens is 284 g/mol. The summed E-state index contributed by atoms with van der Waals surface area (Å²) in [6.45, 7) is 1.64. The van der Waals surface area contributed by atoms with Crippen molar-refractivity contribution in [3.8, 4) is 0 Å². The Labute approximate surface area is 100 Å². The first kappa shape index (κ1) is 14.0. The van der Waals surface area contributed by atoms with Crippen LogP contribution in [0.1, 0.15) is 19.8 Å². The van der Waals surface area contributed by atoms with E-state index in [1.807, 2.05) is 0 Å². The molecule has 0 aromatic heterocycles. The minimum atomic E-state index is -4.43. The van der Waals surface area contributed by atoms with Crippen LogP contribution in [0, 0.1) is 0 Å². The van der Waals surface area contributed by atoms with E-state index >= 15 is 0 Å². The Morgan fingerprint density at radius 1 is 1.60 bits per heavy atom. The van der Waals surface area contributed by atoms with E-state index in [2.05, 4.69) is 0 Å². The van der Waals surface area contributed by atoms with Gasteiger partial charge < -0.3 is 0 Å². The van der Waals surface area contributed by atoms with Crippen LogP contribution in [0.5, 0.6) is 0 Å². The van der Waals surface area contributed by atoms with E-state index in [0.717, 1.165) is 0 Å². The van der Waals surface area contributed by atoms with Crippen molar-refractivity contribution in [2.75, 3.05) is 0 Å². The molecule has 6 heteroatoms. The fourth-order valence-corrected chi connectivity index (χ4v) is 0.909. The van der Waals surface area contributed by atoms with Gasteiger partial charge in [0, 0.05) is 0 Å². The van der Waals surface area contributed by atoms with Crippen LogP contribution in [0.2, 0.25) is 0 Å². The van der Waals surface area contributed by atoms with Crippen molar-refractivity contribution in [2.24, 2.45) is 0 Å². The molecule has 0 spiro atoms. The van der Waals surface area contributed by atoms with E-state index < -0.39 is 15.6 Å². The Morgan fingerprint density at radius 2 is 2.00 bits per heavy atom. The van der Waals surface area contributed by atoms with E-state index in [9.17, 15) is 12.8 Å². The average Bonchev–Trinajstić information content (AvgIpc) is 1.64. The van der Waals surface area contributed by atoms with Gasteiger partial charge in [-0.3, -0.25) is 4.55 Å². The van der Waals surface area contributed by atoms with Crippen LogP contribution in [0.15, 0.2) is 0 Å². The van der Waals surface area contributed by atoms with Gasteiger partial charge in [0.2, 0.25) is 5.50 Å². The van der Waals surface area contributed by atoms with Gasteiger partial charge in [-0.15, -0.1) is 0 Å². The molecule has 0 fully saturated rings. The molecule has 0 aliphatic carbocycles. The van der Waals surface area contributed by atoms with Gasteiger partial charge in [0.25, 0.3) is 10.1 Å². The van der Waals surface area contributed by atoms with Crippen LogP contribution in [0.25, 0.3) is 0 Å². The molecule has 0 amide bonds. The number of alkyl halides is 1. The fraction of sp³-hybridized carbons (Fsp3) is 1.00. The summed E-state index contributed by atoms with van der Waals surface area (Å²) in [5, 5.41) is 0. The van der Waals surface area contributed by atoms with Crippen molar-refractivity contribution in [1.82, 2.24) is 0 Å². The van der Waals surface area contributed by atoms with Gasteiger partial charge in [-0.25, -0.2) is 4.39 Å². The van der Waals surface area contributed by atoms with Gasteiger partial charge in [-0.05, 0) is 6.42 Å². The van der Waals surface area contributed by atoms with Crippen LogP contribution >= 0.6 is 0 Å². The van der Waals surface area contributed by atoms with Gasteiger partial charge >= 0.3 is 48.9 Å². The molecule has 60 valence electrons. The topological polar surface area (TPSA) is 54.4 Å². The van der Waals surface area contributed by atoms with Crippen molar-refractivity contribution in [1.29, 1.82) is 0 Å². The van der Waals surface area contributed by atoms with Crippen molar-refractivity contribution >= 4 is 59.0 Å². The van der Waals surface area contributed by atoms with E-state index in [4.69, 9.17) is 4.55 Å². The number of rotatable bonds is 3. The van der Waals surface area contributed by atoms with Crippen LogP contribution in [-0.2, 0) is 10.1 Å². The van der Waals surface area contributed by atoms with Crippen LogP contribution < -0.4 is 0 Å². The van der Waals surface area contributed by atoms with Crippen LogP contribution in [0.3, 0.4) is 0 Å². The third-order valence-corrected chi connectivity index (χ3v) is 1.72. The zero-order valence-electron chi connectivity index (χ0n) is 5.04. The Hall–Kier alpha value is 1.41. The SMILES string of the molecule is CCCC(F)S(=O)(=O)O.[BaH2]. The summed E-state index contributed by atoms with van der Waals surface area (Å²) in [5.74, 6) is 0. The maximum atomic E-state index is 12.1. The van der Waals surface area contributed by atoms with Gasteiger partial charge in [0.15, 0.2) is 0 Å². The summed E-state index contributed by atoms with van der Waals surface area (Å²) in [5.41, 5.74) is -2.11. The third-order valence-electron chi connectivity index (χ3n) is 0.839. The predicted molar refractivity (Wildman–Crippen MR) is 39.9 cm³/mol. The number of hydrogen-bond acceptors (Lipinski definition) is 2. The maximum absolute atomic E-state index is 12.1. The molecular formula is C4H11BaFO3S. The summed E-state index contributed by atoms with van der Waals surface area (Å²) in [4.78, 5) is 0. The van der Waals surface area contributed by atoms with Gasteiger partial charge in [0.1, 0.15) is 0 Å². The Morgan fingerprint density at radius 3 is 2.10 bits per heavy atom. The zero-order chi connectivity index (χ0) is 7.49. The molecule has 0 heterocycles. The first-order chi connectivity index (χ1) is 3.98. The number of halogens is 1. The van der Waals surface area contributed by atoms with Crippen molar-refractivity contribution in [3.63, 3.8) is 0 Å². The Bertz CT molecular complexity index is 167. The molecule has 0 saturated carbocycles. The molecule has 3 nitrogen and oxygen atoms in total. The molecule has 0 bridgehead atoms. The molecule has 0 aliphatic rings. The van der Waals surface area contributed by atoms with E-state index in [0.29, 0.717) is 6.42 Å². The summed E-state index contributed by atoms with van der Waals surface area (Å²) in [7, 11) is -4.43. The second-order valence-electron chi connectivity index (χ2n) is 1.71. The summed E-state index contributed by atoms with van der Waals surface area (Å²) in [6, 6.07) is 0. The molecule has 0 aromatic carbocycles. The predicted octanol–water partition coefficient (Wildman–Crippen LogP) is 0.0537. The van der Waals surface area contributed by atoms with E-state index in [1.54, 1.807) is 6.92 Å².